The summed E-state index contributed by atoms with van der Waals surface area (Å²) >= 11 is 0. The van der Waals surface area contributed by atoms with Gasteiger partial charge in [0.15, 0.2) is 21.2 Å². The lowest BCUT2D eigenvalue weighted by molar-refractivity contribution is -0.292. The quantitative estimate of drug-likeness (QED) is 0.239. The Morgan fingerprint density at radius 3 is 2.15 bits per heavy atom. The molecule has 10 nitrogen and oxygen atoms in total. The number of unbranched alkanes of at least 4 members (excludes halogenated alkanes) is 1. The second-order valence-corrected chi connectivity index (χ2v) is 6.31. The molecule has 0 bridgehead atoms. The molecule has 156 valence electrons. The normalized spacial score (nSPS) is 28.1. The number of hydrogen-bond donors (Lipinski definition) is 1. The van der Waals surface area contributed by atoms with Crippen LogP contribution in [0.15, 0.2) is 0 Å². The van der Waals surface area contributed by atoms with Gasteiger partial charge in [-0.2, -0.15) is 0 Å². The van der Waals surface area contributed by atoms with Crippen LogP contribution in [0.5, 0.6) is 0 Å². The van der Waals surface area contributed by atoms with E-state index in [4.69, 9.17) is 33.1 Å². The van der Waals surface area contributed by atoms with Crippen LogP contribution in [0.1, 0.15) is 40.5 Å². The Balaban J connectivity index is 3.14. The van der Waals surface area contributed by atoms with Crippen LogP contribution < -0.4 is 0 Å². The maximum absolute atomic E-state index is 11.6. The largest absolute Gasteiger partial charge is 0.463 e. The van der Waals surface area contributed by atoms with Crippen molar-refractivity contribution in [1.29, 1.82) is 0 Å². The van der Waals surface area contributed by atoms with Crippen molar-refractivity contribution in [3.8, 4) is 0 Å². The maximum Gasteiger partial charge on any atom is 0.303 e. The van der Waals surface area contributed by atoms with Crippen molar-refractivity contribution in [1.82, 2.24) is 0 Å². The van der Waals surface area contributed by atoms with Crippen LogP contribution >= 0.6 is 9.03 Å². The van der Waals surface area contributed by atoms with Crippen molar-refractivity contribution < 1.29 is 47.5 Å². The molecule has 1 rings (SSSR count). The van der Waals surface area contributed by atoms with Crippen molar-refractivity contribution in [2.75, 3.05) is 13.2 Å². The number of ether oxygens (including phenoxy) is 5. The average molecular weight is 410 g/mol. The number of esters is 3. The Morgan fingerprint density at radius 2 is 1.63 bits per heavy atom. The highest BCUT2D eigenvalue weighted by atomic mass is 31.1. The monoisotopic (exact) mass is 410 g/mol. The highest BCUT2D eigenvalue weighted by Crippen LogP contribution is 2.32. The van der Waals surface area contributed by atoms with E-state index in [1.54, 1.807) is 0 Å². The molecule has 1 fully saturated rings. The molecule has 0 aromatic rings. The Kier molecular flexibility index (Phi) is 10.7. The molecule has 1 saturated heterocycles. The summed E-state index contributed by atoms with van der Waals surface area (Å²) in [4.78, 5) is 43.5. The Bertz CT molecular complexity index is 500. The molecule has 0 spiro atoms. The van der Waals surface area contributed by atoms with Crippen LogP contribution in [0.2, 0.25) is 0 Å². The van der Waals surface area contributed by atoms with Gasteiger partial charge >= 0.3 is 17.9 Å². The van der Waals surface area contributed by atoms with Crippen molar-refractivity contribution >= 4 is 26.9 Å². The van der Waals surface area contributed by atoms with Crippen LogP contribution in [0, 0.1) is 0 Å². The van der Waals surface area contributed by atoms with E-state index in [1.165, 1.54) is 20.8 Å². The molecule has 1 aliphatic heterocycles. The number of hydrogen-bond acceptors (Lipinski definition) is 10. The van der Waals surface area contributed by atoms with E-state index in [1.807, 2.05) is 6.92 Å². The number of carbonyl (C=O) groups is 3. The van der Waals surface area contributed by atoms with E-state index in [9.17, 15) is 14.4 Å². The average Bonchev–Trinajstić information content (AvgIpc) is 2.57. The van der Waals surface area contributed by atoms with Crippen LogP contribution in [0.25, 0.3) is 0 Å². The van der Waals surface area contributed by atoms with Gasteiger partial charge in [-0.25, -0.2) is 0 Å². The summed E-state index contributed by atoms with van der Waals surface area (Å²) in [5.74, 6) is -1.81. The summed E-state index contributed by atoms with van der Waals surface area (Å²) in [6.07, 6.45) is -3.59. The molecule has 27 heavy (non-hydrogen) atoms. The summed E-state index contributed by atoms with van der Waals surface area (Å²) < 4.78 is 32.2. The number of carbonyl (C=O) groups excluding carboxylic acids is 3. The van der Waals surface area contributed by atoms with Gasteiger partial charge in [-0.05, 0) is 6.42 Å². The van der Waals surface area contributed by atoms with Gasteiger partial charge in [0.2, 0.25) is 6.29 Å². The van der Waals surface area contributed by atoms with Gasteiger partial charge in [-0.15, -0.1) is 0 Å². The lowest BCUT2D eigenvalue weighted by Crippen LogP contribution is -2.62. The zero-order valence-electron chi connectivity index (χ0n) is 15.8. The minimum atomic E-state index is -1.23. The van der Waals surface area contributed by atoms with E-state index in [-0.39, 0.29) is 6.61 Å². The second-order valence-electron chi connectivity index (χ2n) is 5.89. The Labute approximate surface area is 159 Å². The fraction of sp³-hybridized carbons (Fsp3) is 0.812. The molecule has 1 heterocycles. The minimum absolute atomic E-state index is 0.189. The number of rotatable bonds is 10. The Morgan fingerprint density at radius 1 is 1.00 bits per heavy atom. The van der Waals surface area contributed by atoms with Gasteiger partial charge in [0.25, 0.3) is 0 Å². The van der Waals surface area contributed by atoms with Crippen molar-refractivity contribution in [3.05, 3.63) is 0 Å². The van der Waals surface area contributed by atoms with Gasteiger partial charge in [0.05, 0.1) is 0 Å². The third kappa shape index (κ3) is 8.06. The van der Waals surface area contributed by atoms with Crippen LogP contribution in [0.4, 0.5) is 0 Å². The van der Waals surface area contributed by atoms with E-state index in [2.05, 4.69) is 0 Å². The topological polar surface area (TPSA) is 127 Å². The fourth-order valence-corrected chi connectivity index (χ4v) is 2.86. The minimum Gasteiger partial charge on any atom is -0.463 e. The molecule has 11 heteroatoms. The molecule has 0 amide bonds. The molecule has 0 saturated carbocycles. The molecule has 0 aromatic heterocycles. The van der Waals surface area contributed by atoms with Crippen LogP contribution in [-0.4, -0.2) is 66.7 Å². The molecule has 6 atom stereocenters. The van der Waals surface area contributed by atoms with Crippen LogP contribution in [0.3, 0.4) is 0 Å². The molecule has 1 aliphatic rings. The van der Waals surface area contributed by atoms with Gasteiger partial charge in [0.1, 0.15) is 18.8 Å². The van der Waals surface area contributed by atoms with Gasteiger partial charge in [-0.1, -0.05) is 13.3 Å². The van der Waals surface area contributed by atoms with Crippen molar-refractivity contribution in [3.63, 3.8) is 0 Å². The maximum atomic E-state index is 11.6. The molecule has 0 aromatic carbocycles. The fourth-order valence-electron chi connectivity index (χ4n) is 2.57. The van der Waals surface area contributed by atoms with E-state index >= 15 is 0 Å². The highest BCUT2D eigenvalue weighted by Gasteiger charge is 2.51. The first-order valence-corrected chi connectivity index (χ1v) is 9.45. The lowest BCUT2D eigenvalue weighted by Gasteiger charge is -2.44. The third-order valence-electron chi connectivity index (χ3n) is 3.62. The van der Waals surface area contributed by atoms with E-state index in [0.29, 0.717) is 6.61 Å². The molecule has 0 aliphatic carbocycles. The van der Waals surface area contributed by atoms with E-state index in [0.717, 1.165) is 12.8 Å². The standard InChI is InChI=1S/C16H27O10P/c1-5-6-7-21-13-12(8-22-9(2)17)25-16(26-27-20)15(24-11(4)19)14(13)23-10(3)18/h12-16,20,27H,5-8H2,1-4H3/t12-,13-,14+,15+,16-/m1/s1. The summed E-state index contributed by atoms with van der Waals surface area (Å²) in [7, 11) is -0.968. The smallest absolute Gasteiger partial charge is 0.303 e. The predicted octanol–water partition coefficient (Wildman–Crippen LogP) is 0.840. The SMILES string of the molecule is CCCCO[C@H]1[C@H](OC(C)=O)[C@H](OC(C)=O)[C@@H](OPO)O[C@@H]1COC(C)=O. The predicted molar refractivity (Wildman–Crippen MR) is 92.7 cm³/mol. The summed E-state index contributed by atoms with van der Waals surface area (Å²) in [5, 5.41) is 0. The van der Waals surface area contributed by atoms with Gasteiger partial charge < -0.3 is 33.1 Å². The molecule has 0 radical (unpaired) electrons. The van der Waals surface area contributed by atoms with E-state index < -0.39 is 57.6 Å². The van der Waals surface area contributed by atoms with Crippen molar-refractivity contribution in [2.45, 2.75) is 71.2 Å². The molecular formula is C16H27O10P. The van der Waals surface area contributed by atoms with Crippen molar-refractivity contribution in [2.24, 2.45) is 0 Å². The zero-order chi connectivity index (χ0) is 20.4. The van der Waals surface area contributed by atoms with Crippen LogP contribution in [-0.2, 0) is 42.6 Å². The van der Waals surface area contributed by atoms with Gasteiger partial charge in [-0.3, -0.25) is 14.4 Å². The highest BCUT2D eigenvalue weighted by molar-refractivity contribution is 7.25. The second kappa shape index (κ2) is 12.2. The summed E-state index contributed by atoms with van der Waals surface area (Å²) in [6.45, 7) is 5.75. The first kappa shape index (κ1) is 23.7. The summed E-state index contributed by atoms with van der Waals surface area (Å²) in [6, 6.07) is 0. The summed E-state index contributed by atoms with van der Waals surface area (Å²) in [5.41, 5.74) is 0. The first-order chi connectivity index (χ1) is 12.8. The lowest BCUT2D eigenvalue weighted by atomic mass is 9.98. The zero-order valence-corrected chi connectivity index (χ0v) is 16.8. The molecule has 1 unspecified atom stereocenters. The van der Waals surface area contributed by atoms with Gasteiger partial charge in [0, 0.05) is 27.4 Å². The Hall–Kier alpha value is -1.32. The first-order valence-electron chi connectivity index (χ1n) is 8.59. The third-order valence-corrected chi connectivity index (χ3v) is 3.96. The molecule has 1 N–H and O–H groups in total. The molecular weight excluding hydrogens is 383 g/mol.